The second kappa shape index (κ2) is 6.87. The molecular formula is C15H22N4O2. The van der Waals surface area contributed by atoms with E-state index in [4.69, 9.17) is 9.15 Å². The van der Waals surface area contributed by atoms with E-state index >= 15 is 0 Å². The van der Waals surface area contributed by atoms with Gasteiger partial charge in [-0.05, 0) is 38.1 Å². The van der Waals surface area contributed by atoms with E-state index < -0.39 is 0 Å². The summed E-state index contributed by atoms with van der Waals surface area (Å²) in [6.45, 7) is 3.70. The molecule has 0 bridgehead atoms. The molecule has 1 aliphatic heterocycles. The number of H-pyrrole nitrogens is 1. The molecule has 3 rings (SSSR count). The van der Waals surface area contributed by atoms with Crippen LogP contribution in [-0.4, -0.2) is 46.9 Å². The van der Waals surface area contributed by atoms with E-state index in [0.717, 1.165) is 56.3 Å². The number of aromatic nitrogens is 3. The van der Waals surface area contributed by atoms with E-state index in [-0.39, 0.29) is 0 Å². The van der Waals surface area contributed by atoms with Crippen molar-refractivity contribution in [2.24, 2.45) is 0 Å². The zero-order valence-corrected chi connectivity index (χ0v) is 12.4. The predicted molar refractivity (Wildman–Crippen MR) is 77.9 cm³/mol. The lowest BCUT2D eigenvalue weighted by atomic mass is 9.96. The molecule has 2 aromatic rings. The highest BCUT2D eigenvalue weighted by Crippen LogP contribution is 2.26. The van der Waals surface area contributed by atoms with Crippen molar-refractivity contribution in [3.63, 3.8) is 0 Å². The van der Waals surface area contributed by atoms with Gasteiger partial charge in [0.15, 0.2) is 5.82 Å². The number of furan rings is 1. The van der Waals surface area contributed by atoms with Gasteiger partial charge in [0.2, 0.25) is 0 Å². The van der Waals surface area contributed by atoms with Gasteiger partial charge in [0.1, 0.15) is 11.6 Å². The topological polar surface area (TPSA) is 67.2 Å². The molecule has 0 saturated carbocycles. The Balaban J connectivity index is 1.49. The summed E-state index contributed by atoms with van der Waals surface area (Å²) in [5.41, 5.74) is 0. The van der Waals surface area contributed by atoms with Crippen LogP contribution in [0.1, 0.15) is 36.2 Å². The highest BCUT2D eigenvalue weighted by atomic mass is 16.5. The van der Waals surface area contributed by atoms with Crippen LogP contribution >= 0.6 is 0 Å². The minimum absolute atomic E-state index is 0.463. The lowest BCUT2D eigenvalue weighted by molar-refractivity contribution is 0.188. The summed E-state index contributed by atoms with van der Waals surface area (Å²) in [4.78, 5) is 7.01. The number of ether oxygens (including phenoxy) is 1. The van der Waals surface area contributed by atoms with Crippen LogP contribution in [0.15, 0.2) is 22.8 Å². The Bertz CT molecular complexity index is 530. The maximum atomic E-state index is 5.41. The van der Waals surface area contributed by atoms with Crippen LogP contribution in [0.2, 0.25) is 0 Å². The first-order valence-corrected chi connectivity index (χ1v) is 7.50. The molecule has 0 atom stereocenters. The van der Waals surface area contributed by atoms with Crippen LogP contribution in [0.25, 0.3) is 0 Å². The monoisotopic (exact) mass is 290 g/mol. The van der Waals surface area contributed by atoms with Gasteiger partial charge < -0.3 is 9.15 Å². The number of nitrogens with one attached hydrogen (secondary N) is 1. The van der Waals surface area contributed by atoms with Crippen molar-refractivity contribution >= 4 is 0 Å². The zero-order valence-electron chi connectivity index (χ0n) is 12.4. The summed E-state index contributed by atoms with van der Waals surface area (Å²) in [5, 5.41) is 7.38. The molecule has 1 saturated heterocycles. The van der Waals surface area contributed by atoms with Crippen molar-refractivity contribution in [1.82, 2.24) is 20.1 Å². The van der Waals surface area contributed by atoms with Crippen LogP contribution in [0.3, 0.4) is 0 Å². The van der Waals surface area contributed by atoms with Crippen LogP contribution in [0.5, 0.6) is 0 Å². The molecule has 0 amide bonds. The Morgan fingerprint density at radius 3 is 3.00 bits per heavy atom. The van der Waals surface area contributed by atoms with Crippen LogP contribution in [-0.2, 0) is 17.7 Å². The molecule has 21 heavy (non-hydrogen) atoms. The van der Waals surface area contributed by atoms with Crippen molar-refractivity contribution in [1.29, 1.82) is 0 Å². The molecule has 6 heteroatoms. The van der Waals surface area contributed by atoms with Crippen LogP contribution < -0.4 is 0 Å². The number of methoxy groups -OCH3 is 1. The fraction of sp³-hybridized carbons (Fsp3) is 0.600. The van der Waals surface area contributed by atoms with Gasteiger partial charge in [-0.1, -0.05) is 0 Å². The van der Waals surface area contributed by atoms with E-state index in [2.05, 4.69) is 20.1 Å². The molecule has 6 nitrogen and oxygen atoms in total. The van der Waals surface area contributed by atoms with Crippen molar-refractivity contribution in [3.8, 4) is 0 Å². The van der Waals surface area contributed by atoms with Gasteiger partial charge in [-0.25, -0.2) is 4.98 Å². The highest BCUT2D eigenvalue weighted by Gasteiger charge is 2.24. The molecule has 1 fully saturated rings. The van der Waals surface area contributed by atoms with Gasteiger partial charge in [0, 0.05) is 19.4 Å². The third-order valence-electron chi connectivity index (χ3n) is 4.00. The molecular weight excluding hydrogens is 268 g/mol. The van der Waals surface area contributed by atoms with E-state index in [1.54, 1.807) is 13.4 Å². The molecule has 1 aliphatic rings. The number of likely N-dealkylation sites (tertiary alicyclic amines) is 1. The smallest absolute Gasteiger partial charge is 0.153 e. The molecule has 0 unspecified atom stereocenters. The Morgan fingerprint density at radius 2 is 2.29 bits per heavy atom. The number of hydrogen-bond donors (Lipinski definition) is 1. The summed E-state index contributed by atoms with van der Waals surface area (Å²) < 4.78 is 10.5. The largest absolute Gasteiger partial charge is 0.468 e. The number of nitrogens with zero attached hydrogens (tertiary/aromatic N) is 3. The first-order valence-electron chi connectivity index (χ1n) is 7.50. The fourth-order valence-corrected chi connectivity index (χ4v) is 2.78. The molecule has 1 N–H and O–H groups in total. The minimum Gasteiger partial charge on any atom is -0.468 e. The summed E-state index contributed by atoms with van der Waals surface area (Å²) in [5.74, 6) is 3.38. The van der Waals surface area contributed by atoms with E-state index in [1.165, 1.54) is 0 Å². The fourth-order valence-electron chi connectivity index (χ4n) is 2.78. The van der Waals surface area contributed by atoms with Gasteiger partial charge in [-0.3, -0.25) is 10.00 Å². The normalized spacial score (nSPS) is 17.4. The lowest BCUT2D eigenvalue weighted by Gasteiger charge is -2.29. The predicted octanol–water partition coefficient (Wildman–Crippen LogP) is 1.97. The standard InChI is InChI=1S/C15H22N4O2/c1-20-10-6-14-16-15(18-17-14)12-4-7-19(8-5-12)11-13-3-2-9-21-13/h2-3,9,12H,4-8,10-11H2,1H3,(H,16,17,18). The van der Waals surface area contributed by atoms with Crippen molar-refractivity contribution in [2.45, 2.75) is 31.7 Å². The zero-order chi connectivity index (χ0) is 14.5. The lowest BCUT2D eigenvalue weighted by Crippen LogP contribution is -2.32. The Hall–Kier alpha value is -1.66. The Morgan fingerprint density at radius 1 is 1.43 bits per heavy atom. The summed E-state index contributed by atoms with van der Waals surface area (Å²) >= 11 is 0. The molecule has 3 heterocycles. The number of rotatable bonds is 6. The maximum absolute atomic E-state index is 5.41. The highest BCUT2D eigenvalue weighted by molar-refractivity contribution is 5.02. The van der Waals surface area contributed by atoms with Crippen LogP contribution in [0.4, 0.5) is 0 Å². The summed E-state index contributed by atoms with van der Waals surface area (Å²) in [6, 6.07) is 3.97. The number of hydrogen-bond acceptors (Lipinski definition) is 5. The number of aromatic amines is 1. The van der Waals surface area contributed by atoms with Gasteiger partial charge in [0.25, 0.3) is 0 Å². The third kappa shape index (κ3) is 3.71. The third-order valence-corrected chi connectivity index (χ3v) is 4.00. The molecule has 0 aliphatic carbocycles. The van der Waals surface area contributed by atoms with Crippen molar-refractivity contribution < 1.29 is 9.15 Å². The molecule has 0 aromatic carbocycles. The average Bonchev–Trinajstić information content (AvgIpc) is 3.17. The molecule has 2 aromatic heterocycles. The van der Waals surface area contributed by atoms with Gasteiger partial charge >= 0.3 is 0 Å². The van der Waals surface area contributed by atoms with Gasteiger partial charge in [-0.15, -0.1) is 0 Å². The van der Waals surface area contributed by atoms with E-state index in [0.29, 0.717) is 12.5 Å². The second-order valence-corrected chi connectivity index (χ2v) is 5.51. The van der Waals surface area contributed by atoms with Gasteiger partial charge in [-0.2, -0.15) is 5.10 Å². The maximum Gasteiger partial charge on any atom is 0.153 e. The Labute approximate surface area is 124 Å². The summed E-state index contributed by atoms with van der Waals surface area (Å²) in [6.07, 6.45) is 4.72. The Kier molecular flexibility index (Phi) is 4.67. The molecule has 0 spiro atoms. The molecule has 114 valence electrons. The van der Waals surface area contributed by atoms with E-state index in [9.17, 15) is 0 Å². The first-order chi connectivity index (χ1) is 10.3. The second-order valence-electron chi connectivity index (χ2n) is 5.51. The SMILES string of the molecule is COCCc1nc(C2CCN(Cc3ccco3)CC2)n[nH]1. The quantitative estimate of drug-likeness (QED) is 0.881. The van der Waals surface area contributed by atoms with Crippen molar-refractivity contribution in [2.75, 3.05) is 26.8 Å². The van der Waals surface area contributed by atoms with E-state index in [1.807, 2.05) is 12.1 Å². The molecule has 0 radical (unpaired) electrons. The van der Waals surface area contributed by atoms with Gasteiger partial charge in [0.05, 0.1) is 19.4 Å². The first kappa shape index (κ1) is 14.3. The minimum atomic E-state index is 0.463. The van der Waals surface area contributed by atoms with Crippen molar-refractivity contribution in [3.05, 3.63) is 35.8 Å². The number of piperidine rings is 1. The summed E-state index contributed by atoms with van der Waals surface area (Å²) in [7, 11) is 1.70. The average molecular weight is 290 g/mol. The van der Waals surface area contributed by atoms with Crippen LogP contribution in [0, 0.1) is 0 Å².